The van der Waals surface area contributed by atoms with Crippen LogP contribution in [0.25, 0.3) is 0 Å². The minimum Gasteiger partial charge on any atom is -0.396 e. The van der Waals surface area contributed by atoms with Crippen LogP contribution in [0.1, 0.15) is 40.0 Å². The number of rotatable bonds is 3. The van der Waals surface area contributed by atoms with Gasteiger partial charge in [-0.25, -0.2) is 0 Å². The molecule has 0 aromatic carbocycles. The van der Waals surface area contributed by atoms with Crippen molar-refractivity contribution >= 4 is 5.78 Å². The average molecular weight is 282 g/mol. The van der Waals surface area contributed by atoms with Crippen LogP contribution in [-0.2, 0) is 4.79 Å². The molecule has 0 bridgehead atoms. The van der Waals surface area contributed by atoms with Crippen molar-refractivity contribution in [1.29, 1.82) is 0 Å². The monoisotopic (exact) mass is 282 g/mol. The van der Waals surface area contributed by atoms with Gasteiger partial charge in [-0.1, -0.05) is 19.1 Å². The molecule has 6 atom stereocenters. The smallest absolute Gasteiger partial charge is 0.144 e. The predicted molar refractivity (Wildman–Crippen MR) is 76.0 cm³/mol. The molecule has 0 spiro atoms. The van der Waals surface area contributed by atoms with Crippen molar-refractivity contribution in [3.8, 4) is 0 Å². The molecule has 2 aliphatic carbocycles. The normalized spacial score (nSPS) is 47.9. The van der Waals surface area contributed by atoms with Crippen LogP contribution in [0.4, 0.5) is 0 Å². The fourth-order valence-corrected chi connectivity index (χ4v) is 4.21. The third-order valence-electron chi connectivity index (χ3n) is 5.50. The molecule has 1 fully saturated rings. The van der Waals surface area contributed by atoms with Crippen molar-refractivity contribution in [3.63, 3.8) is 0 Å². The van der Waals surface area contributed by atoms with Crippen molar-refractivity contribution in [3.05, 3.63) is 12.2 Å². The van der Waals surface area contributed by atoms with Gasteiger partial charge in [0, 0.05) is 18.9 Å². The molecule has 114 valence electrons. The number of hydrogen-bond donors (Lipinski definition) is 3. The van der Waals surface area contributed by atoms with Crippen LogP contribution in [-0.4, -0.2) is 39.4 Å². The molecule has 2 aliphatic rings. The maximum absolute atomic E-state index is 12.6. The number of aliphatic hydroxyl groups excluding tert-OH is 2. The third kappa shape index (κ3) is 2.24. The first kappa shape index (κ1) is 15.7. The Balaban J connectivity index is 2.45. The molecule has 4 heteroatoms. The molecule has 0 radical (unpaired) electrons. The highest BCUT2D eigenvalue weighted by Gasteiger charge is 2.59. The molecule has 1 saturated carbocycles. The van der Waals surface area contributed by atoms with Gasteiger partial charge in [0.2, 0.25) is 0 Å². The number of ketones is 1. The highest BCUT2D eigenvalue weighted by atomic mass is 16.3. The first-order valence-corrected chi connectivity index (χ1v) is 7.48. The molecule has 0 heterocycles. The zero-order chi connectivity index (χ0) is 15.1. The molecule has 0 saturated heterocycles. The van der Waals surface area contributed by atoms with E-state index in [1.807, 2.05) is 6.08 Å². The van der Waals surface area contributed by atoms with Crippen LogP contribution in [0.2, 0.25) is 0 Å². The molecule has 4 nitrogen and oxygen atoms in total. The van der Waals surface area contributed by atoms with E-state index in [-0.39, 0.29) is 30.6 Å². The van der Waals surface area contributed by atoms with Crippen LogP contribution in [0.5, 0.6) is 0 Å². The topological polar surface area (TPSA) is 77.8 Å². The van der Waals surface area contributed by atoms with Crippen LogP contribution >= 0.6 is 0 Å². The molecule has 2 rings (SSSR count). The Morgan fingerprint density at radius 3 is 2.60 bits per heavy atom. The molecule has 0 aromatic rings. The van der Waals surface area contributed by atoms with E-state index >= 15 is 0 Å². The third-order valence-corrected chi connectivity index (χ3v) is 5.50. The number of aliphatic hydroxyl groups is 3. The number of allylic oxidation sites excluding steroid dienone is 1. The molecule has 0 aliphatic heterocycles. The lowest BCUT2D eigenvalue weighted by molar-refractivity contribution is -0.166. The van der Waals surface area contributed by atoms with E-state index in [1.165, 1.54) is 0 Å². The lowest BCUT2D eigenvalue weighted by Crippen LogP contribution is -2.61. The first-order valence-electron chi connectivity index (χ1n) is 7.48. The highest BCUT2D eigenvalue weighted by Crippen LogP contribution is 2.54. The van der Waals surface area contributed by atoms with Crippen molar-refractivity contribution < 1.29 is 20.1 Å². The second kappa shape index (κ2) is 5.24. The number of carbonyl (C=O) groups is 1. The number of fused-ring (bicyclic) bond motifs is 1. The van der Waals surface area contributed by atoms with Gasteiger partial charge in [-0.2, -0.15) is 0 Å². The quantitative estimate of drug-likeness (QED) is 0.682. The van der Waals surface area contributed by atoms with Crippen LogP contribution < -0.4 is 0 Å². The Morgan fingerprint density at radius 2 is 2.00 bits per heavy atom. The van der Waals surface area contributed by atoms with Crippen molar-refractivity contribution in [2.75, 3.05) is 6.61 Å². The van der Waals surface area contributed by atoms with Gasteiger partial charge in [0.05, 0.1) is 17.1 Å². The minimum absolute atomic E-state index is 0.0198. The zero-order valence-electron chi connectivity index (χ0n) is 12.5. The van der Waals surface area contributed by atoms with E-state index in [9.17, 15) is 15.0 Å². The van der Waals surface area contributed by atoms with E-state index in [0.29, 0.717) is 12.3 Å². The summed E-state index contributed by atoms with van der Waals surface area (Å²) in [5.41, 5.74) is -2.34. The summed E-state index contributed by atoms with van der Waals surface area (Å²) >= 11 is 0. The Bertz CT molecular complexity index is 415. The maximum atomic E-state index is 12.6. The molecule has 0 unspecified atom stereocenters. The maximum Gasteiger partial charge on any atom is 0.144 e. The van der Waals surface area contributed by atoms with Crippen LogP contribution in [0.3, 0.4) is 0 Å². The highest BCUT2D eigenvalue weighted by molar-refractivity contribution is 5.87. The Morgan fingerprint density at radius 1 is 1.35 bits per heavy atom. The summed E-state index contributed by atoms with van der Waals surface area (Å²) in [6.07, 6.45) is 4.67. The lowest BCUT2D eigenvalue weighted by Gasteiger charge is -2.54. The summed E-state index contributed by atoms with van der Waals surface area (Å²) in [6, 6.07) is 0. The number of carbonyl (C=O) groups excluding carboxylic acids is 1. The second-order valence-electron chi connectivity index (χ2n) is 6.94. The van der Waals surface area contributed by atoms with Gasteiger partial charge >= 0.3 is 0 Å². The SMILES string of the molecule is C[C@H]1C[C@H](O)[C@@H]2[C@@H](C=C[C@@](C)(O)[C@]2(C)C(=O)CCO)C1. The largest absolute Gasteiger partial charge is 0.396 e. The van der Waals surface area contributed by atoms with Gasteiger partial charge in [0.15, 0.2) is 0 Å². The Hall–Kier alpha value is -0.710. The predicted octanol–water partition coefficient (Wildman–Crippen LogP) is 1.29. The van der Waals surface area contributed by atoms with Crippen molar-refractivity contribution in [2.24, 2.45) is 23.2 Å². The summed E-state index contributed by atoms with van der Waals surface area (Å²) in [6.45, 7) is 5.25. The van der Waals surface area contributed by atoms with Gasteiger partial charge in [-0.3, -0.25) is 4.79 Å². The van der Waals surface area contributed by atoms with E-state index in [4.69, 9.17) is 5.11 Å². The molecular formula is C16H26O4. The van der Waals surface area contributed by atoms with E-state index in [0.717, 1.165) is 6.42 Å². The summed E-state index contributed by atoms with van der Waals surface area (Å²) < 4.78 is 0. The fraction of sp³-hybridized carbons (Fsp3) is 0.812. The van der Waals surface area contributed by atoms with Gasteiger partial charge in [0.25, 0.3) is 0 Å². The molecular weight excluding hydrogens is 256 g/mol. The standard InChI is InChI=1S/C16H26O4/c1-10-8-11-4-6-15(2,20)16(3,13(19)5-7-17)14(11)12(18)9-10/h4,6,10-12,14,17-18,20H,5,7-9H2,1-3H3/t10-,11+,12+,14+,15-,16-/m1/s1. The molecule has 20 heavy (non-hydrogen) atoms. The van der Waals surface area contributed by atoms with Gasteiger partial charge in [-0.05, 0) is 38.5 Å². The Labute approximate surface area is 120 Å². The van der Waals surface area contributed by atoms with Gasteiger partial charge in [0.1, 0.15) is 5.78 Å². The minimum atomic E-state index is -1.29. The summed E-state index contributed by atoms with van der Waals surface area (Å²) in [4.78, 5) is 12.6. The molecule has 0 amide bonds. The summed E-state index contributed by atoms with van der Waals surface area (Å²) in [5, 5.41) is 30.3. The zero-order valence-corrected chi connectivity index (χ0v) is 12.5. The average Bonchev–Trinajstić information content (AvgIpc) is 2.33. The molecule has 3 N–H and O–H groups in total. The van der Waals surface area contributed by atoms with Crippen LogP contribution in [0.15, 0.2) is 12.2 Å². The lowest BCUT2D eigenvalue weighted by atomic mass is 9.51. The molecule has 0 aromatic heterocycles. The van der Waals surface area contributed by atoms with Crippen molar-refractivity contribution in [1.82, 2.24) is 0 Å². The Kier molecular flexibility index (Phi) is 4.11. The number of Topliss-reactive ketones (excluding diaryl/α,β-unsaturated/α-hetero) is 1. The second-order valence-corrected chi connectivity index (χ2v) is 6.94. The van der Waals surface area contributed by atoms with E-state index in [2.05, 4.69) is 6.92 Å². The van der Waals surface area contributed by atoms with Crippen LogP contribution in [0, 0.1) is 23.2 Å². The van der Waals surface area contributed by atoms with E-state index in [1.54, 1.807) is 19.9 Å². The first-order chi connectivity index (χ1) is 9.24. The van der Waals surface area contributed by atoms with E-state index < -0.39 is 17.1 Å². The van der Waals surface area contributed by atoms with Gasteiger partial charge < -0.3 is 15.3 Å². The van der Waals surface area contributed by atoms with Gasteiger partial charge in [-0.15, -0.1) is 0 Å². The van der Waals surface area contributed by atoms with Crippen molar-refractivity contribution in [2.45, 2.75) is 51.7 Å². The summed E-state index contributed by atoms with van der Waals surface area (Å²) in [7, 11) is 0. The summed E-state index contributed by atoms with van der Waals surface area (Å²) in [5.74, 6) is 0.0773. The number of hydrogen-bond acceptors (Lipinski definition) is 4. The fourth-order valence-electron chi connectivity index (χ4n) is 4.21.